The van der Waals surface area contributed by atoms with Gasteiger partial charge < -0.3 is 14.6 Å². The van der Waals surface area contributed by atoms with Crippen LogP contribution in [0, 0.1) is 5.92 Å². The molecule has 0 aliphatic carbocycles. The fourth-order valence-corrected chi connectivity index (χ4v) is 2.04. The molecule has 1 aromatic rings. The number of hydrogen-bond acceptors (Lipinski definition) is 2. The van der Waals surface area contributed by atoms with Crippen molar-refractivity contribution in [1.29, 1.82) is 0 Å². The maximum atomic E-state index is 5.34. The molecule has 1 N–H and O–H groups in total. The van der Waals surface area contributed by atoms with Gasteiger partial charge in [0.2, 0.25) is 0 Å². The molecule has 0 saturated carbocycles. The molecule has 1 aromatic heterocycles. The van der Waals surface area contributed by atoms with Crippen LogP contribution in [0.1, 0.15) is 18.4 Å². The molecule has 0 radical (unpaired) electrons. The SMILES string of the molecule is Cn1ccc(CNCC2CCOCC2)c1. The molecule has 1 fully saturated rings. The van der Waals surface area contributed by atoms with E-state index in [1.807, 2.05) is 0 Å². The van der Waals surface area contributed by atoms with Crippen molar-refractivity contribution in [2.24, 2.45) is 13.0 Å². The zero-order valence-electron chi connectivity index (χ0n) is 9.41. The fraction of sp³-hybridized carbons (Fsp3) is 0.667. The Balaban J connectivity index is 1.65. The van der Waals surface area contributed by atoms with E-state index in [0.717, 1.165) is 32.2 Å². The van der Waals surface area contributed by atoms with Crippen LogP contribution in [0.2, 0.25) is 0 Å². The van der Waals surface area contributed by atoms with E-state index in [1.165, 1.54) is 18.4 Å². The topological polar surface area (TPSA) is 26.2 Å². The van der Waals surface area contributed by atoms with Gasteiger partial charge in [0.1, 0.15) is 0 Å². The highest BCUT2D eigenvalue weighted by Gasteiger charge is 2.12. The van der Waals surface area contributed by atoms with Crippen molar-refractivity contribution < 1.29 is 4.74 Å². The molecule has 15 heavy (non-hydrogen) atoms. The molecule has 0 amide bonds. The van der Waals surface area contributed by atoms with Gasteiger partial charge in [0.25, 0.3) is 0 Å². The standard InChI is InChI=1S/C12H20N2O/c1-14-5-2-12(10-14)9-13-8-11-3-6-15-7-4-11/h2,5,10-11,13H,3-4,6-9H2,1H3. The smallest absolute Gasteiger partial charge is 0.0469 e. The number of aromatic nitrogens is 1. The Hall–Kier alpha value is -0.800. The van der Waals surface area contributed by atoms with Gasteiger partial charge in [0.15, 0.2) is 0 Å². The van der Waals surface area contributed by atoms with Crippen LogP contribution in [0.3, 0.4) is 0 Å². The van der Waals surface area contributed by atoms with Crippen molar-refractivity contribution in [3.8, 4) is 0 Å². The first kappa shape index (κ1) is 10.7. The molecule has 2 rings (SSSR count). The summed E-state index contributed by atoms with van der Waals surface area (Å²) in [5.41, 5.74) is 1.37. The summed E-state index contributed by atoms with van der Waals surface area (Å²) >= 11 is 0. The van der Waals surface area contributed by atoms with Crippen LogP contribution in [0.4, 0.5) is 0 Å². The Morgan fingerprint density at radius 2 is 2.27 bits per heavy atom. The summed E-state index contributed by atoms with van der Waals surface area (Å²) in [7, 11) is 2.06. The summed E-state index contributed by atoms with van der Waals surface area (Å²) in [5, 5.41) is 3.52. The molecule has 3 nitrogen and oxygen atoms in total. The van der Waals surface area contributed by atoms with E-state index in [1.54, 1.807) is 0 Å². The van der Waals surface area contributed by atoms with Crippen molar-refractivity contribution in [2.75, 3.05) is 19.8 Å². The summed E-state index contributed by atoms with van der Waals surface area (Å²) in [6.07, 6.45) is 6.67. The van der Waals surface area contributed by atoms with Crippen LogP contribution in [-0.2, 0) is 18.3 Å². The average Bonchev–Trinajstić information content (AvgIpc) is 2.66. The third kappa shape index (κ3) is 3.36. The quantitative estimate of drug-likeness (QED) is 0.812. The maximum absolute atomic E-state index is 5.34. The van der Waals surface area contributed by atoms with Crippen LogP contribution in [-0.4, -0.2) is 24.3 Å². The molecule has 1 aliphatic rings. The lowest BCUT2D eigenvalue weighted by molar-refractivity contribution is 0.0662. The Kier molecular flexibility index (Phi) is 3.80. The molecule has 1 saturated heterocycles. The van der Waals surface area contributed by atoms with Gasteiger partial charge in [-0.15, -0.1) is 0 Å². The van der Waals surface area contributed by atoms with Gasteiger partial charge >= 0.3 is 0 Å². The van der Waals surface area contributed by atoms with Gasteiger partial charge in [0.05, 0.1) is 0 Å². The largest absolute Gasteiger partial charge is 0.381 e. The summed E-state index contributed by atoms with van der Waals surface area (Å²) in [4.78, 5) is 0. The van der Waals surface area contributed by atoms with Gasteiger partial charge in [0, 0.05) is 39.2 Å². The molecule has 0 spiro atoms. The Labute approximate surface area is 91.4 Å². The summed E-state index contributed by atoms with van der Waals surface area (Å²) in [6, 6.07) is 2.16. The fourth-order valence-electron chi connectivity index (χ4n) is 2.04. The number of ether oxygens (including phenoxy) is 1. The summed E-state index contributed by atoms with van der Waals surface area (Å²) in [5.74, 6) is 0.808. The number of nitrogens with one attached hydrogen (secondary N) is 1. The van der Waals surface area contributed by atoms with Crippen molar-refractivity contribution in [3.05, 3.63) is 24.0 Å². The van der Waals surface area contributed by atoms with Gasteiger partial charge in [-0.2, -0.15) is 0 Å². The predicted molar refractivity (Wildman–Crippen MR) is 60.7 cm³/mol. The van der Waals surface area contributed by atoms with Gasteiger partial charge in [-0.05, 0) is 36.9 Å². The van der Waals surface area contributed by atoms with E-state index in [-0.39, 0.29) is 0 Å². The highest BCUT2D eigenvalue weighted by molar-refractivity contribution is 5.09. The number of hydrogen-bond donors (Lipinski definition) is 1. The highest BCUT2D eigenvalue weighted by atomic mass is 16.5. The number of nitrogens with zero attached hydrogens (tertiary/aromatic N) is 1. The zero-order valence-corrected chi connectivity index (χ0v) is 9.41. The van der Waals surface area contributed by atoms with Crippen LogP contribution < -0.4 is 5.32 Å². The highest BCUT2D eigenvalue weighted by Crippen LogP contribution is 2.13. The van der Waals surface area contributed by atoms with E-state index in [9.17, 15) is 0 Å². The lowest BCUT2D eigenvalue weighted by atomic mass is 10.0. The van der Waals surface area contributed by atoms with E-state index in [4.69, 9.17) is 4.74 Å². The minimum Gasteiger partial charge on any atom is -0.381 e. The van der Waals surface area contributed by atoms with Gasteiger partial charge in [-0.25, -0.2) is 0 Å². The molecular formula is C12H20N2O. The minimum absolute atomic E-state index is 0.808. The normalized spacial score (nSPS) is 18.2. The first-order chi connectivity index (χ1) is 7.34. The second-order valence-electron chi connectivity index (χ2n) is 4.37. The Morgan fingerprint density at radius 1 is 1.47 bits per heavy atom. The van der Waals surface area contributed by atoms with Crippen molar-refractivity contribution in [1.82, 2.24) is 9.88 Å². The van der Waals surface area contributed by atoms with Gasteiger partial charge in [-0.3, -0.25) is 0 Å². The van der Waals surface area contributed by atoms with E-state index < -0.39 is 0 Å². The lowest BCUT2D eigenvalue weighted by Gasteiger charge is -2.22. The second kappa shape index (κ2) is 5.33. The molecule has 2 heterocycles. The second-order valence-corrected chi connectivity index (χ2v) is 4.37. The van der Waals surface area contributed by atoms with Gasteiger partial charge in [-0.1, -0.05) is 0 Å². The van der Waals surface area contributed by atoms with Crippen LogP contribution >= 0.6 is 0 Å². The predicted octanol–water partition coefficient (Wildman–Crippen LogP) is 1.54. The third-order valence-electron chi connectivity index (χ3n) is 3.00. The Bertz CT molecular complexity index is 290. The monoisotopic (exact) mass is 208 g/mol. The molecule has 0 bridgehead atoms. The van der Waals surface area contributed by atoms with Crippen molar-refractivity contribution in [3.63, 3.8) is 0 Å². The molecule has 3 heteroatoms. The lowest BCUT2D eigenvalue weighted by Crippen LogP contribution is -2.27. The van der Waals surface area contributed by atoms with E-state index >= 15 is 0 Å². The maximum Gasteiger partial charge on any atom is 0.0469 e. The van der Waals surface area contributed by atoms with Crippen molar-refractivity contribution in [2.45, 2.75) is 19.4 Å². The Morgan fingerprint density at radius 3 is 2.93 bits per heavy atom. The van der Waals surface area contributed by atoms with E-state index in [2.05, 4.69) is 35.4 Å². The summed E-state index contributed by atoms with van der Waals surface area (Å²) < 4.78 is 7.43. The molecule has 0 unspecified atom stereocenters. The number of aryl methyl sites for hydroxylation is 1. The first-order valence-electron chi connectivity index (χ1n) is 5.74. The molecular weight excluding hydrogens is 188 g/mol. The molecule has 0 aromatic carbocycles. The van der Waals surface area contributed by atoms with Crippen LogP contribution in [0.25, 0.3) is 0 Å². The first-order valence-corrected chi connectivity index (χ1v) is 5.74. The summed E-state index contributed by atoms with van der Waals surface area (Å²) in [6.45, 7) is 3.99. The zero-order chi connectivity index (χ0) is 10.5. The number of rotatable bonds is 4. The van der Waals surface area contributed by atoms with Crippen LogP contribution in [0.5, 0.6) is 0 Å². The molecule has 1 aliphatic heterocycles. The molecule has 0 atom stereocenters. The van der Waals surface area contributed by atoms with E-state index in [0.29, 0.717) is 0 Å². The van der Waals surface area contributed by atoms with Crippen LogP contribution in [0.15, 0.2) is 18.5 Å². The molecule has 84 valence electrons. The minimum atomic E-state index is 0.808. The van der Waals surface area contributed by atoms with Crippen molar-refractivity contribution >= 4 is 0 Å². The third-order valence-corrected chi connectivity index (χ3v) is 3.00. The average molecular weight is 208 g/mol.